The molecule has 1 amide bonds. The molecule has 2 atom stereocenters. The average molecular weight is 337 g/mol. The molecule has 2 N–H and O–H groups in total. The van der Waals surface area contributed by atoms with E-state index in [1.807, 2.05) is 46.1 Å². The molecule has 6 heteroatoms. The van der Waals surface area contributed by atoms with Gasteiger partial charge in [0.2, 0.25) is 0 Å². The third-order valence-electron chi connectivity index (χ3n) is 4.28. The van der Waals surface area contributed by atoms with Crippen LogP contribution in [-0.4, -0.2) is 45.9 Å². The molecule has 0 unspecified atom stereocenters. The van der Waals surface area contributed by atoms with Crippen molar-refractivity contribution in [2.45, 2.75) is 25.9 Å². The summed E-state index contributed by atoms with van der Waals surface area (Å²) in [5.74, 6) is 0.609. The van der Waals surface area contributed by atoms with Gasteiger partial charge in [-0.3, -0.25) is 4.79 Å². The topological polar surface area (TPSA) is 73.9 Å². The predicted molar refractivity (Wildman–Crippen MR) is 98.4 cm³/mol. The number of rotatable bonds is 5. The Bertz CT molecular complexity index is 872. The van der Waals surface area contributed by atoms with Crippen LogP contribution in [0.5, 0.6) is 0 Å². The number of hydrogen-bond acceptors (Lipinski definition) is 4. The standard InChI is InChI=1S/C19H23N5O/c1-12(17(24(3)4)14-8-6-5-7-9-14)21-19(25)15-10-11-20-18-16(15)22-13(2)23-18/h5-12,17H,1-4H3,(H,21,25)(H,20,22,23)/t12-,17+/m0/s1. The van der Waals surface area contributed by atoms with Gasteiger partial charge in [-0.2, -0.15) is 0 Å². The van der Waals surface area contributed by atoms with Crippen molar-refractivity contribution in [2.24, 2.45) is 0 Å². The Morgan fingerprint density at radius 2 is 1.92 bits per heavy atom. The number of fused-ring (bicyclic) bond motifs is 1. The third kappa shape index (κ3) is 3.53. The van der Waals surface area contributed by atoms with Crippen molar-refractivity contribution in [3.63, 3.8) is 0 Å². The Kier molecular flexibility index (Phi) is 4.81. The summed E-state index contributed by atoms with van der Waals surface area (Å²) < 4.78 is 0. The van der Waals surface area contributed by atoms with Crippen molar-refractivity contribution >= 4 is 17.1 Å². The zero-order valence-electron chi connectivity index (χ0n) is 14.9. The maximum atomic E-state index is 12.8. The van der Waals surface area contributed by atoms with Gasteiger partial charge in [-0.05, 0) is 39.6 Å². The monoisotopic (exact) mass is 337 g/mol. The molecule has 25 heavy (non-hydrogen) atoms. The molecule has 0 aliphatic carbocycles. The fraction of sp³-hybridized carbons (Fsp3) is 0.316. The number of hydrogen-bond donors (Lipinski definition) is 2. The highest BCUT2D eigenvalue weighted by atomic mass is 16.1. The van der Waals surface area contributed by atoms with E-state index < -0.39 is 0 Å². The van der Waals surface area contributed by atoms with Crippen LogP contribution in [0.25, 0.3) is 11.2 Å². The minimum Gasteiger partial charge on any atom is -0.348 e. The second-order valence-electron chi connectivity index (χ2n) is 6.46. The van der Waals surface area contributed by atoms with E-state index in [9.17, 15) is 4.79 Å². The molecule has 2 aromatic heterocycles. The third-order valence-corrected chi connectivity index (χ3v) is 4.28. The molecule has 0 aliphatic rings. The Labute approximate surface area is 147 Å². The maximum Gasteiger partial charge on any atom is 0.253 e. The van der Waals surface area contributed by atoms with E-state index in [-0.39, 0.29) is 18.0 Å². The lowest BCUT2D eigenvalue weighted by molar-refractivity contribution is 0.0917. The van der Waals surface area contributed by atoms with Gasteiger partial charge in [-0.15, -0.1) is 0 Å². The molecular weight excluding hydrogens is 314 g/mol. The predicted octanol–water partition coefficient (Wildman–Crippen LogP) is 2.69. The van der Waals surface area contributed by atoms with Crippen LogP contribution in [0.3, 0.4) is 0 Å². The molecule has 0 saturated heterocycles. The molecule has 3 rings (SSSR count). The number of likely N-dealkylation sites (N-methyl/N-ethyl adjacent to an activating group) is 1. The fourth-order valence-electron chi connectivity index (χ4n) is 3.26. The van der Waals surface area contributed by atoms with Gasteiger partial charge in [-0.1, -0.05) is 30.3 Å². The van der Waals surface area contributed by atoms with Crippen molar-refractivity contribution in [3.8, 4) is 0 Å². The van der Waals surface area contributed by atoms with Crippen LogP contribution in [-0.2, 0) is 0 Å². The van der Waals surface area contributed by atoms with Gasteiger partial charge >= 0.3 is 0 Å². The molecule has 2 heterocycles. The Balaban J connectivity index is 1.85. The maximum absolute atomic E-state index is 12.8. The quantitative estimate of drug-likeness (QED) is 0.751. The molecule has 0 bridgehead atoms. The zero-order valence-corrected chi connectivity index (χ0v) is 14.9. The summed E-state index contributed by atoms with van der Waals surface area (Å²) in [5, 5.41) is 3.12. The van der Waals surface area contributed by atoms with Gasteiger partial charge < -0.3 is 15.2 Å². The number of carbonyl (C=O) groups excluding carboxylic acids is 1. The van der Waals surface area contributed by atoms with Crippen LogP contribution in [0.15, 0.2) is 42.6 Å². The van der Waals surface area contributed by atoms with Gasteiger partial charge in [-0.25, -0.2) is 9.97 Å². The molecule has 0 saturated carbocycles. The van der Waals surface area contributed by atoms with E-state index in [1.54, 1.807) is 12.3 Å². The second-order valence-corrected chi connectivity index (χ2v) is 6.46. The lowest BCUT2D eigenvalue weighted by atomic mass is 9.99. The van der Waals surface area contributed by atoms with Gasteiger partial charge in [0.25, 0.3) is 5.91 Å². The van der Waals surface area contributed by atoms with Crippen LogP contribution >= 0.6 is 0 Å². The number of aromatic nitrogens is 3. The first kappa shape index (κ1) is 17.1. The minimum absolute atomic E-state index is 0.0721. The molecule has 0 spiro atoms. The highest BCUT2D eigenvalue weighted by molar-refractivity contribution is 6.04. The Morgan fingerprint density at radius 3 is 2.60 bits per heavy atom. The second kappa shape index (κ2) is 7.03. The fourth-order valence-corrected chi connectivity index (χ4v) is 3.26. The molecule has 0 fully saturated rings. The van der Waals surface area contributed by atoms with Crippen molar-refractivity contribution in [3.05, 3.63) is 59.5 Å². The first-order chi connectivity index (χ1) is 12.0. The van der Waals surface area contributed by atoms with Crippen LogP contribution < -0.4 is 5.32 Å². The van der Waals surface area contributed by atoms with E-state index in [0.29, 0.717) is 16.7 Å². The summed E-state index contributed by atoms with van der Waals surface area (Å²) in [4.78, 5) is 26.6. The number of imidazole rings is 1. The number of aromatic amines is 1. The number of nitrogens with one attached hydrogen (secondary N) is 2. The number of nitrogens with zero attached hydrogens (tertiary/aromatic N) is 3. The van der Waals surface area contributed by atoms with E-state index in [4.69, 9.17) is 0 Å². The van der Waals surface area contributed by atoms with E-state index >= 15 is 0 Å². The number of aryl methyl sites for hydroxylation is 1. The average Bonchev–Trinajstić information content (AvgIpc) is 2.95. The molecule has 0 aliphatic heterocycles. The molecule has 1 aromatic carbocycles. The smallest absolute Gasteiger partial charge is 0.253 e. The Morgan fingerprint density at radius 1 is 1.20 bits per heavy atom. The van der Waals surface area contributed by atoms with Gasteiger partial charge in [0.05, 0.1) is 17.1 Å². The molecule has 6 nitrogen and oxygen atoms in total. The summed E-state index contributed by atoms with van der Waals surface area (Å²) in [6, 6.07) is 11.9. The SMILES string of the molecule is Cc1nc2nccc(C(=O)N[C@@H](C)[C@H](c3ccccc3)N(C)C)c2[nH]1. The molecule has 0 radical (unpaired) electrons. The summed E-state index contributed by atoms with van der Waals surface area (Å²) in [5.41, 5.74) is 2.96. The molecular formula is C19H23N5O. The highest BCUT2D eigenvalue weighted by Crippen LogP contribution is 2.22. The van der Waals surface area contributed by atoms with E-state index in [0.717, 1.165) is 11.4 Å². The number of amides is 1. The minimum atomic E-state index is -0.133. The number of benzene rings is 1. The number of pyridine rings is 1. The van der Waals surface area contributed by atoms with Gasteiger partial charge in [0, 0.05) is 12.2 Å². The highest BCUT2D eigenvalue weighted by Gasteiger charge is 2.24. The van der Waals surface area contributed by atoms with Crippen LogP contribution in [0.2, 0.25) is 0 Å². The van der Waals surface area contributed by atoms with Crippen molar-refractivity contribution < 1.29 is 4.79 Å². The first-order valence-electron chi connectivity index (χ1n) is 8.31. The Hall–Kier alpha value is -2.73. The van der Waals surface area contributed by atoms with Gasteiger partial charge in [0.15, 0.2) is 5.65 Å². The largest absolute Gasteiger partial charge is 0.348 e. The lowest BCUT2D eigenvalue weighted by Crippen LogP contribution is -2.42. The summed E-state index contributed by atoms with van der Waals surface area (Å²) >= 11 is 0. The van der Waals surface area contributed by atoms with Crippen molar-refractivity contribution in [1.29, 1.82) is 0 Å². The van der Waals surface area contributed by atoms with Crippen LogP contribution in [0, 0.1) is 6.92 Å². The molecule has 3 aromatic rings. The normalized spacial score (nSPS) is 13.8. The zero-order chi connectivity index (χ0) is 18.0. The first-order valence-corrected chi connectivity index (χ1v) is 8.31. The van der Waals surface area contributed by atoms with Crippen molar-refractivity contribution in [1.82, 2.24) is 25.2 Å². The van der Waals surface area contributed by atoms with Crippen molar-refractivity contribution in [2.75, 3.05) is 14.1 Å². The summed E-state index contributed by atoms with van der Waals surface area (Å²) in [6.07, 6.45) is 1.61. The number of H-pyrrole nitrogens is 1. The van der Waals surface area contributed by atoms with Crippen LogP contribution in [0.4, 0.5) is 0 Å². The lowest BCUT2D eigenvalue weighted by Gasteiger charge is -2.31. The van der Waals surface area contributed by atoms with E-state index in [1.165, 1.54) is 0 Å². The summed E-state index contributed by atoms with van der Waals surface area (Å²) in [7, 11) is 4.03. The van der Waals surface area contributed by atoms with E-state index in [2.05, 4.69) is 37.3 Å². The summed E-state index contributed by atoms with van der Waals surface area (Å²) in [6.45, 7) is 3.87. The molecule has 130 valence electrons. The van der Waals surface area contributed by atoms with Gasteiger partial charge in [0.1, 0.15) is 5.82 Å². The van der Waals surface area contributed by atoms with Crippen LogP contribution in [0.1, 0.15) is 34.7 Å². The number of carbonyl (C=O) groups is 1.